The molecule has 4 nitrogen and oxygen atoms in total. The first-order chi connectivity index (χ1) is 9.99. The van der Waals surface area contributed by atoms with E-state index in [0.29, 0.717) is 11.0 Å². The first-order valence-electron chi connectivity index (χ1n) is 7.45. The minimum Gasteiger partial charge on any atom is -0.505 e. The van der Waals surface area contributed by atoms with E-state index >= 15 is 0 Å². The fourth-order valence-electron chi connectivity index (χ4n) is 3.57. The van der Waals surface area contributed by atoms with Gasteiger partial charge >= 0.3 is 0 Å². The third-order valence-electron chi connectivity index (χ3n) is 4.94. The van der Waals surface area contributed by atoms with Crippen molar-refractivity contribution in [1.82, 2.24) is 9.80 Å². The van der Waals surface area contributed by atoms with Crippen LogP contribution in [0.2, 0.25) is 0 Å². The molecule has 0 aromatic heterocycles. The fraction of sp³-hybridized carbons (Fsp3) is 0.562. The van der Waals surface area contributed by atoms with Gasteiger partial charge in [-0.05, 0) is 56.5 Å². The molecule has 21 heavy (non-hydrogen) atoms. The molecule has 1 aromatic rings. The van der Waals surface area contributed by atoms with Crippen molar-refractivity contribution in [2.45, 2.75) is 19.3 Å². The molecule has 1 aromatic carbocycles. The Labute approximate surface area is 124 Å². The maximum Gasteiger partial charge on any atom is 0.253 e. The minimum absolute atomic E-state index is 0.143. The van der Waals surface area contributed by atoms with Crippen LogP contribution in [-0.2, 0) is 0 Å². The van der Waals surface area contributed by atoms with Crippen molar-refractivity contribution >= 4 is 5.91 Å². The molecule has 1 amide bonds. The molecule has 1 spiro atoms. The van der Waals surface area contributed by atoms with Gasteiger partial charge in [0.1, 0.15) is 0 Å². The van der Waals surface area contributed by atoms with Gasteiger partial charge in [0.05, 0.1) is 0 Å². The summed E-state index contributed by atoms with van der Waals surface area (Å²) in [4.78, 5) is 16.6. The number of hydrogen-bond acceptors (Lipinski definition) is 3. The quantitative estimate of drug-likeness (QED) is 0.862. The predicted molar refractivity (Wildman–Crippen MR) is 77.7 cm³/mol. The summed E-state index contributed by atoms with van der Waals surface area (Å²) in [7, 11) is 2.14. The zero-order valence-electron chi connectivity index (χ0n) is 12.3. The van der Waals surface area contributed by atoms with Crippen molar-refractivity contribution in [2.24, 2.45) is 5.41 Å². The lowest BCUT2D eigenvalue weighted by Gasteiger charge is -2.39. The van der Waals surface area contributed by atoms with Crippen LogP contribution in [0.3, 0.4) is 0 Å². The van der Waals surface area contributed by atoms with Crippen molar-refractivity contribution < 1.29 is 14.3 Å². The molecule has 2 aliphatic rings. The number of nitrogens with zero attached hydrogens (tertiary/aromatic N) is 2. The number of hydrogen-bond donors (Lipinski definition) is 1. The normalized spacial score (nSPS) is 21.9. The molecule has 0 bridgehead atoms. The number of carbonyl (C=O) groups is 1. The summed E-state index contributed by atoms with van der Waals surface area (Å²) in [6.07, 6.45) is 3.24. The molecule has 0 radical (unpaired) electrons. The molecule has 114 valence electrons. The number of halogens is 1. The van der Waals surface area contributed by atoms with Crippen LogP contribution in [0.1, 0.15) is 29.6 Å². The SMILES string of the molecule is CN1CCC2(CCN(C(=O)c3ccc(O)c(F)c3)CC2)C1. The van der Waals surface area contributed by atoms with Gasteiger partial charge in [0.25, 0.3) is 5.91 Å². The summed E-state index contributed by atoms with van der Waals surface area (Å²) in [6.45, 7) is 3.71. The van der Waals surface area contributed by atoms with E-state index in [1.807, 2.05) is 0 Å². The molecule has 3 rings (SSSR count). The van der Waals surface area contributed by atoms with Gasteiger partial charge in [-0.2, -0.15) is 0 Å². The summed E-state index contributed by atoms with van der Waals surface area (Å²) in [5.74, 6) is -1.31. The zero-order chi connectivity index (χ0) is 15.0. The molecular weight excluding hydrogens is 271 g/mol. The molecule has 5 heteroatoms. The number of carbonyl (C=O) groups excluding carboxylic acids is 1. The number of likely N-dealkylation sites (tertiary alicyclic amines) is 2. The van der Waals surface area contributed by atoms with Crippen molar-refractivity contribution in [2.75, 3.05) is 33.2 Å². The topological polar surface area (TPSA) is 43.8 Å². The lowest BCUT2D eigenvalue weighted by molar-refractivity contribution is 0.0593. The first-order valence-corrected chi connectivity index (χ1v) is 7.45. The van der Waals surface area contributed by atoms with Gasteiger partial charge in [-0.3, -0.25) is 4.79 Å². The van der Waals surface area contributed by atoms with Gasteiger partial charge in [-0.15, -0.1) is 0 Å². The smallest absolute Gasteiger partial charge is 0.253 e. The van der Waals surface area contributed by atoms with Crippen LogP contribution >= 0.6 is 0 Å². The summed E-state index contributed by atoms with van der Waals surface area (Å²) < 4.78 is 13.4. The van der Waals surface area contributed by atoms with Gasteiger partial charge in [0, 0.05) is 25.2 Å². The Morgan fingerprint density at radius 2 is 1.90 bits per heavy atom. The van der Waals surface area contributed by atoms with Gasteiger partial charge < -0.3 is 14.9 Å². The highest BCUT2D eigenvalue weighted by atomic mass is 19.1. The highest BCUT2D eigenvalue weighted by Crippen LogP contribution is 2.40. The monoisotopic (exact) mass is 292 g/mol. The molecule has 2 heterocycles. The largest absolute Gasteiger partial charge is 0.505 e. The second-order valence-corrected chi connectivity index (χ2v) is 6.45. The molecule has 1 N–H and O–H groups in total. The average molecular weight is 292 g/mol. The number of amides is 1. The molecule has 2 aliphatic heterocycles. The lowest BCUT2D eigenvalue weighted by Crippen LogP contribution is -2.44. The zero-order valence-corrected chi connectivity index (χ0v) is 12.3. The van der Waals surface area contributed by atoms with E-state index in [1.54, 1.807) is 4.90 Å². The van der Waals surface area contributed by atoms with E-state index in [9.17, 15) is 14.3 Å². The molecule has 0 saturated carbocycles. The molecule has 0 aliphatic carbocycles. The number of benzene rings is 1. The third kappa shape index (κ3) is 2.75. The second kappa shape index (κ2) is 5.30. The van der Waals surface area contributed by atoms with Crippen molar-refractivity contribution in [3.63, 3.8) is 0 Å². The summed E-state index contributed by atoms with van der Waals surface area (Å²) >= 11 is 0. The fourth-order valence-corrected chi connectivity index (χ4v) is 3.57. The highest BCUT2D eigenvalue weighted by molar-refractivity contribution is 5.94. The number of aromatic hydroxyl groups is 1. The molecular formula is C16H21FN2O2. The maximum absolute atomic E-state index is 13.4. The first kappa shape index (κ1) is 14.3. The van der Waals surface area contributed by atoms with Crippen molar-refractivity contribution in [3.8, 4) is 5.75 Å². The van der Waals surface area contributed by atoms with E-state index in [4.69, 9.17) is 0 Å². The Morgan fingerprint density at radius 1 is 1.24 bits per heavy atom. The number of piperidine rings is 1. The van der Waals surface area contributed by atoms with E-state index in [0.717, 1.165) is 45.1 Å². The number of rotatable bonds is 1. The average Bonchev–Trinajstić information content (AvgIpc) is 2.83. The van der Waals surface area contributed by atoms with Crippen LogP contribution in [0.5, 0.6) is 5.75 Å². The number of phenolic OH excluding ortho intramolecular Hbond substituents is 1. The maximum atomic E-state index is 13.4. The van der Waals surface area contributed by atoms with Crippen LogP contribution in [0, 0.1) is 11.2 Å². The molecule has 0 atom stereocenters. The Hall–Kier alpha value is -1.62. The molecule has 0 unspecified atom stereocenters. The van der Waals surface area contributed by atoms with Crippen LogP contribution in [0.4, 0.5) is 4.39 Å². The molecule has 2 fully saturated rings. The van der Waals surface area contributed by atoms with Crippen LogP contribution < -0.4 is 0 Å². The minimum atomic E-state index is -0.744. The number of phenols is 1. The highest BCUT2D eigenvalue weighted by Gasteiger charge is 2.40. The van der Waals surface area contributed by atoms with Crippen LogP contribution in [0.15, 0.2) is 18.2 Å². The van der Waals surface area contributed by atoms with Gasteiger partial charge in [0.15, 0.2) is 11.6 Å². The van der Waals surface area contributed by atoms with Gasteiger partial charge in [0.2, 0.25) is 0 Å². The van der Waals surface area contributed by atoms with Crippen LogP contribution in [-0.4, -0.2) is 54.0 Å². The standard InChI is InChI=1S/C16H21FN2O2/c1-18-7-4-16(11-18)5-8-19(9-6-16)15(21)12-2-3-14(20)13(17)10-12/h2-3,10,20H,4-9,11H2,1H3. The van der Waals surface area contributed by atoms with Crippen molar-refractivity contribution in [3.05, 3.63) is 29.6 Å². The summed E-state index contributed by atoms with van der Waals surface area (Å²) in [5, 5.41) is 9.20. The lowest BCUT2D eigenvalue weighted by atomic mass is 9.77. The Balaban J connectivity index is 1.66. The van der Waals surface area contributed by atoms with Crippen LogP contribution in [0.25, 0.3) is 0 Å². The summed E-state index contributed by atoms with van der Waals surface area (Å²) in [5.41, 5.74) is 0.677. The predicted octanol–water partition coefficient (Wildman–Crippen LogP) is 2.09. The van der Waals surface area contributed by atoms with E-state index < -0.39 is 11.6 Å². The Bertz CT molecular complexity index is 553. The van der Waals surface area contributed by atoms with Gasteiger partial charge in [-0.25, -0.2) is 4.39 Å². The second-order valence-electron chi connectivity index (χ2n) is 6.45. The summed E-state index contributed by atoms with van der Waals surface area (Å²) in [6, 6.07) is 3.83. The third-order valence-corrected chi connectivity index (χ3v) is 4.94. The van der Waals surface area contributed by atoms with E-state index in [1.165, 1.54) is 18.6 Å². The van der Waals surface area contributed by atoms with E-state index in [-0.39, 0.29) is 5.91 Å². The molecule has 2 saturated heterocycles. The Morgan fingerprint density at radius 3 is 2.48 bits per heavy atom. The Kier molecular flexibility index (Phi) is 3.61. The van der Waals surface area contributed by atoms with E-state index in [2.05, 4.69) is 11.9 Å². The van der Waals surface area contributed by atoms with Crippen molar-refractivity contribution in [1.29, 1.82) is 0 Å². The van der Waals surface area contributed by atoms with Gasteiger partial charge in [-0.1, -0.05) is 0 Å².